The van der Waals surface area contributed by atoms with Crippen LogP contribution in [0.25, 0.3) is 0 Å². The van der Waals surface area contributed by atoms with Crippen molar-refractivity contribution in [3.63, 3.8) is 0 Å². The van der Waals surface area contributed by atoms with Crippen LogP contribution >= 0.6 is 0 Å². The second-order valence-electron chi connectivity index (χ2n) is 5.84. The molecular weight excluding hydrogens is 290 g/mol. The molecule has 4 nitrogen and oxygen atoms in total. The molecule has 1 aromatic carbocycles. The minimum absolute atomic E-state index is 0.275. The number of hydrogen-bond acceptors (Lipinski definition) is 3. The molecule has 0 saturated carbocycles. The van der Waals surface area contributed by atoms with Gasteiger partial charge in [0.1, 0.15) is 5.75 Å². The van der Waals surface area contributed by atoms with Gasteiger partial charge < -0.3 is 15.4 Å². The van der Waals surface area contributed by atoms with Gasteiger partial charge in [0.25, 0.3) is 5.91 Å². The van der Waals surface area contributed by atoms with E-state index >= 15 is 0 Å². The molecule has 3 rings (SSSR count). The van der Waals surface area contributed by atoms with E-state index in [0.29, 0.717) is 19.6 Å². The summed E-state index contributed by atoms with van der Waals surface area (Å²) >= 11 is 0. The Balaban J connectivity index is 1.79. The highest BCUT2D eigenvalue weighted by molar-refractivity contribution is 5.83. The third-order valence-electron chi connectivity index (χ3n) is 4.24. The molecule has 1 atom stereocenters. The Morgan fingerprint density at radius 2 is 2.32 bits per heavy atom. The molecule has 1 unspecified atom stereocenters. The molecule has 22 heavy (non-hydrogen) atoms. The minimum Gasteiger partial charge on any atom is -0.493 e. The number of ether oxygens (including phenoxy) is 1. The van der Waals surface area contributed by atoms with Crippen molar-refractivity contribution in [1.82, 2.24) is 5.32 Å². The van der Waals surface area contributed by atoms with Crippen LogP contribution in [-0.2, 0) is 11.2 Å². The molecule has 1 amide bonds. The van der Waals surface area contributed by atoms with Gasteiger partial charge in [0, 0.05) is 43.1 Å². The summed E-state index contributed by atoms with van der Waals surface area (Å²) in [6.45, 7) is 3.13. The lowest BCUT2D eigenvalue weighted by atomic mass is 9.89. The fourth-order valence-corrected chi connectivity index (χ4v) is 3.20. The first kappa shape index (κ1) is 15.1. The van der Waals surface area contributed by atoms with Gasteiger partial charge in [0.05, 0.1) is 6.61 Å². The van der Waals surface area contributed by atoms with E-state index in [1.165, 1.54) is 0 Å². The number of rotatable bonds is 5. The second-order valence-corrected chi connectivity index (χ2v) is 5.84. The smallest absolute Gasteiger partial charge is 0.325 e. The number of alkyl halides is 2. The molecule has 2 aliphatic heterocycles. The maximum absolute atomic E-state index is 14.2. The highest BCUT2D eigenvalue weighted by Crippen LogP contribution is 2.44. The Morgan fingerprint density at radius 1 is 1.50 bits per heavy atom. The third kappa shape index (κ3) is 2.62. The van der Waals surface area contributed by atoms with Crippen molar-refractivity contribution in [2.24, 2.45) is 0 Å². The summed E-state index contributed by atoms with van der Waals surface area (Å²) in [6, 6.07) is 3.75. The van der Waals surface area contributed by atoms with Gasteiger partial charge in [0.2, 0.25) is 0 Å². The fourth-order valence-electron chi connectivity index (χ4n) is 3.20. The molecule has 0 aliphatic carbocycles. The lowest BCUT2D eigenvalue weighted by Gasteiger charge is -2.20. The highest BCUT2D eigenvalue weighted by Gasteiger charge is 2.43. The summed E-state index contributed by atoms with van der Waals surface area (Å²) in [7, 11) is 0. The van der Waals surface area contributed by atoms with Crippen LogP contribution in [0.3, 0.4) is 0 Å². The molecule has 0 fully saturated rings. The van der Waals surface area contributed by atoms with Crippen molar-refractivity contribution in [2.45, 2.75) is 38.0 Å². The molecule has 0 radical (unpaired) electrons. The van der Waals surface area contributed by atoms with Gasteiger partial charge in [-0.05, 0) is 24.1 Å². The van der Waals surface area contributed by atoms with Gasteiger partial charge in [-0.15, -0.1) is 0 Å². The summed E-state index contributed by atoms with van der Waals surface area (Å²) in [5.74, 6) is -4.11. The standard InChI is InChI=1S/C16H20F2N2O2/c1-2-6-19-15(21)16(17,18)8-10-9-20-12-3-4-13-11(14(10)12)5-7-22-13/h3-4,10,20H,2,5-9H2,1H3,(H,19,21). The topological polar surface area (TPSA) is 50.4 Å². The van der Waals surface area contributed by atoms with Crippen molar-refractivity contribution < 1.29 is 18.3 Å². The lowest BCUT2D eigenvalue weighted by molar-refractivity contribution is -0.147. The molecule has 2 N–H and O–H groups in total. The molecule has 0 saturated heterocycles. The Hall–Kier alpha value is -1.85. The largest absolute Gasteiger partial charge is 0.493 e. The summed E-state index contributed by atoms with van der Waals surface area (Å²) < 4.78 is 33.8. The number of amides is 1. The predicted molar refractivity (Wildman–Crippen MR) is 79.7 cm³/mol. The summed E-state index contributed by atoms with van der Waals surface area (Å²) in [4.78, 5) is 11.7. The summed E-state index contributed by atoms with van der Waals surface area (Å²) in [5.41, 5.74) is 2.80. The molecule has 120 valence electrons. The molecule has 6 heteroatoms. The van der Waals surface area contributed by atoms with E-state index in [9.17, 15) is 13.6 Å². The van der Waals surface area contributed by atoms with Gasteiger partial charge in [-0.25, -0.2) is 0 Å². The number of benzene rings is 1. The maximum atomic E-state index is 14.2. The minimum atomic E-state index is -3.36. The molecule has 0 bridgehead atoms. The van der Waals surface area contributed by atoms with Crippen molar-refractivity contribution in [3.8, 4) is 5.75 Å². The zero-order chi connectivity index (χ0) is 15.7. The first-order valence-electron chi connectivity index (χ1n) is 7.71. The SMILES string of the molecule is CCCNC(=O)C(F)(F)CC1CNc2ccc3c(c21)CCO3. The van der Waals surface area contributed by atoms with Gasteiger partial charge >= 0.3 is 5.92 Å². The van der Waals surface area contributed by atoms with E-state index in [-0.39, 0.29) is 12.5 Å². The van der Waals surface area contributed by atoms with Crippen LogP contribution in [0.1, 0.15) is 36.8 Å². The van der Waals surface area contributed by atoms with Crippen LogP contribution in [0, 0.1) is 0 Å². The fraction of sp³-hybridized carbons (Fsp3) is 0.562. The number of carbonyl (C=O) groups excluding carboxylic acids is 1. The van der Waals surface area contributed by atoms with E-state index in [0.717, 1.165) is 29.0 Å². The molecule has 1 aromatic rings. The number of anilines is 1. The molecule has 2 aliphatic rings. The Kier molecular flexibility index (Phi) is 3.93. The van der Waals surface area contributed by atoms with E-state index in [2.05, 4.69) is 10.6 Å². The normalized spacial score (nSPS) is 19.1. The molecule has 2 heterocycles. The summed E-state index contributed by atoms with van der Waals surface area (Å²) in [6.07, 6.45) is 0.907. The maximum Gasteiger partial charge on any atom is 0.325 e. The van der Waals surface area contributed by atoms with Crippen LogP contribution in [-0.4, -0.2) is 31.5 Å². The molecular formula is C16H20F2N2O2. The Morgan fingerprint density at radius 3 is 3.09 bits per heavy atom. The number of nitrogens with one attached hydrogen (secondary N) is 2. The van der Waals surface area contributed by atoms with Crippen molar-refractivity contribution in [1.29, 1.82) is 0 Å². The van der Waals surface area contributed by atoms with Crippen molar-refractivity contribution >= 4 is 11.6 Å². The van der Waals surface area contributed by atoms with Gasteiger partial charge in [-0.3, -0.25) is 4.79 Å². The van der Waals surface area contributed by atoms with Crippen LogP contribution < -0.4 is 15.4 Å². The quantitative estimate of drug-likeness (QED) is 0.879. The van der Waals surface area contributed by atoms with Crippen LogP contribution in [0.2, 0.25) is 0 Å². The number of fused-ring (bicyclic) bond motifs is 3. The van der Waals surface area contributed by atoms with Crippen LogP contribution in [0.4, 0.5) is 14.5 Å². The first-order chi connectivity index (χ1) is 10.5. The monoisotopic (exact) mass is 310 g/mol. The van der Waals surface area contributed by atoms with Crippen LogP contribution in [0.5, 0.6) is 5.75 Å². The Labute approximate surface area is 128 Å². The first-order valence-corrected chi connectivity index (χ1v) is 7.71. The third-order valence-corrected chi connectivity index (χ3v) is 4.24. The van der Waals surface area contributed by atoms with Crippen molar-refractivity contribution in [3.05, 3.63) is 23.3 Å². The average Bonchev–Trinajstić information content (AvgIpc) is 3.10. The number of carbonyl (C=O) groups is 1. The van der Waals surface area contributed by atoms with Gasteiger partial charge in [-0.1, -0.05) is 6.92 Å². The molecule has 0 aromatic heterocycles. The Bertz CT molecular complexity index is 590. The van der Waals surface area contributed by atoms with Gasteiger partial charge in [0.15, 0.2) is 0 Å². The van der Waals surface area contributed by atoms with Crippen molar-refractivity contribution in [2.75, 3.05) is 25.0 Å². The average molecular weight is 310 g/mol. The van der Waals surface area contributed by atoms with Gasteiger partial charge in [-0.2, -0.15) is 8.78 Å². The zero-order valence-corrected chi connectivity index (χ0v) is 12.5. The van der Waals surface area contributed by atoms with E-state index < -0.39 is 18.3 Å². The van der Waals surface area contributed by atoms with E-state index in [1.54, 1.807) is 0 Å². The molecule has 0 spiro atoms. The zero-order valence-electron chi connectivity index (χ0n) is 12.5. The number of hydrogen-bond donors (Lipinski definition) is 2. The van der Waals surface area contributed by atoms with E-state index in [4.69, 9.17) is 4.74 Å². The lowest BCUT2D eigenvalue weighted by Crippen LogP contribution is -2.41. The second kappa shape index (κ2) is 5.74. The van der Waals surface area contributed by atoms with Crippen LogP contribution in [0.15, 0.2) is 12.1 Å². The highest BCUT2D eigenvalue weighted by atomic mass is 19.3. The summed E-state index contributed by atoms with van der Waals surface area (Å²) in [5, 5.41) is 5.45. The van der Waals surface area contributed by atoms with E-state index in [1.807, 2.05) is 19.1 Å². The number of halogens is 2. The predicted octanol–water partition coefficient (Wildman–Crippen LogP) is 2.68.